The van der Waals surface area contributed by atoms with Crippen LogP contribution in [0, 0.1) is 0 Å². The first-order valence-electron chi connectivity index (χ1n) is 9.69. The minimum Gasteiger partial charge on any atom is -0.296 e. The number of thiazole rings is 1. The Morgan fingerprint density at radius 3 is 2.66 bits per heavy atom. The summed E-state index contributed by atoms with van der Waals surface area (Å²) in [4.78, 5) is 7.26. The fourth-order valence-corrected chi connectivity index (χ4v) is 6.00. The Morgan fingerprint density at radius 1 is 1.00 bits per heavy atom. The fraction of sp³-hybridized carbons (Fsp3) is 0.286. The number of nitrogens with zero attached hydrogens (tertiary/aromatic N) is 5. The summed E-state index contributed by atoms with van der Waals surface area (Å²) in [5.41, 5.74) is 3.41. The van der Waals surface area contributed by atoms with Crippen LogP contribution in [0.3, 0.4) is 0 Å². The molecule has 8 heteroatoms. The molecule has 0 saturated carbocycles. The second kappa shape index (κ2) is 8.79. The smallest absolute Gasteiger partial charge is 0.196 e. The largest absolute Gasteiger partial charge is 0.296 e. The Bertz CT molecular complexity index is 1050. The Balaban J connectivity index is 1.37. The Kier molecular flexibility index (Phi) is 5.76. The number of thioether (sulfide) groups is 1. The van der Waals surface area contributed by atoms with Crippen molar-refractivity contribution in [3.05, 3.63) is 64.1 Å². The van der Waals surface area contributed by atoms with Crippen molar-refractivity contribution >= 4 is 34.4 Å². The molecule has 3 aromatic heterocycles. The van der Waals surface area contributed by atoms with Crippen LogP contribution in [0.1, 0.15) is 24.4 Å². The number of para-hydroxylation sites is 1. The zero-order valence-corrected chi connectivity index (χ0v) is 18.3. The summed E-state index contributed by atoms with van der Waals surface area (Å²) in [6, 6.07) is 12.5. The van der Waals surface area contributed by atoms with E-state index in [1.165, 1.54) is 18.4 Å². The van der Waals surface area contributed by atoms with E-state index in [1.54, 1.807) is 34.4 Å². The third-order valence-corrected chi connectivity index (χ3v) is 7.53. The normalized spacial score (nSPS) is 14.6. The molecule has 0 unspecified atom stereocenters. The van der Waals surface area contributed by atoms with Gasteiger partial charge in [-0.3, -0.25) is 9.47 Å². The molecule has 148 valence electrons. The summed E-state index contributed by atoms with van der Waals surface area (Å²) in [7, 11) is 0. The average molecular weight is 440 g/mol. The van der Waals surface area contributed by atoms with Crippen LogP contribution in [0.4, 0.5) is 0 Å². The van der Waals surface area contributed by atoms with Gasteiger partial charge in [0.1, 0.15) is 5.01 Å². The van der Waals surface area contributed by atoms with Gasteiger partial charge in [-0.25, -0.2) is 4.98 Å². The number of thiophene rings is 1. The molecule has 1 fully saturated rings. The first kappa shape index (κ1) is 19.0. The summed E-state index contributed by atoms with van der Waals surface area (Å²) in [6.07, 6.45) is 2.55. The van der Waals surface area contributed by atoms with E-state index in [1.807, 2.05) is 6.07 Å². The lowest BCUT2D eigenvalue weighted by Crippen LogP contribution is -2.21. The highest BCUT2D eigenvalue weighted by Crippen LogP contribution is 2.30. The second-order valence-corrected chi connectivity index (χ2v) is 9.58. The second-order valence-electron chi connectivity index (χ2n) is 7.00. The first-order valence-corrected chi connectivity index (χ1v) is 12.5. The van der Waals surface area contributed by atoms with Crippen LogP contribution < -0.4 is 0 Å². The lowest BCUT2D eigenvalue weighted by atomic mass is 10.3. The third-order valence-electron chi connectivity index (χ3n) is 4.95. The number of benzene rings is 1. The van der Waals surface area contributed by atoms with Gasteiger partial charge >= 0.3 is 0 Å². The highest BCUT2D eigenvalue weighted by molar-refractivity contribution is 7.98. The lowest BCUT2D eigenvalue weighted by molar-refractivity contribution is 0.319. The molecule has 1 aliphatic rings. The number of likely N-dealkylation sites (tertiary alicyclic amines) is 1. The standard InChI is InChI=1S/C21H21N5S3/c1-2-6-18(7-3-1)26-19(12-25-9-4-5-10-25)23-24-21(26)29-15-17-14-28-20(22-17)16-8-11-27-13-16/h1-3,6-8,11,13-14H,4-5,9-10,12,15H2. The molecule has 29 heavy (non-hydrogen) atoms. The fourth-order valence-electron chi connectivity index (χ4n) is 3.50. The number of rotatable bonds is 7. The highest BCUT2D eigenvalue weighted by atomic mass is 32.2. The van der Waals surface area contributed by atoms with Gasteiger partial charge < -0.3 is 0 Å². The number of hydrogen-bond acceptors (Lipinski definition) is 7. The van der Waals surface area contributed by atoms with Gasteiger partial charge in [0.2, 0.25) is 0 Å². The Labute approximate surface area is 182 Å². The molecule has 1 aliphatic heterocycles. The molecule has 4 heterocycles. The molecular weight excluding hydrogens is 418 g/mol. The molecule has 5 rings (SSSR count). The highest BCUT2D eigenvalue weighted by Gasteiger charge is 2.19. The summed E-state index contributed by atoms with van der Waals surface area (Å²) in [6.45, 7) is 3.14. The average Bonchev–Trinajstić information content (AvgIpc) is 3.54. The topological polar surface area (TPSA) is 46.8 Å². The van der Waals surface area contributed by atoms with Gasteiger partial charge in [-0.2, -0.15) is 11.3 Å². The predicted molar refractivity (Wildman–Crippen MR) is 121 cm³/mol. The molecule has 5 nitrogen and oxygen atoms in total. The molecule has 0 amide bonds. The third kappa shape index (κ3) is 4.30. The Morgan fingerprint density at radius 2 is 1.86 bits per heavy atom. The first-order chi connectivity index (χ1) is 14.4. The maximum Gasteiger partial charge on any atom is 0.196 e. The molecule has 0 spiro atoms. The van der Waals surface area contributed by atoms with E-state index in [2.05, 4.69) is 66.1 Å². The molecule has 4 aromatic rings. The van der Waals surface area contributed by atoms with E-state index in [0.29, 0.717) is 0 Å². The molecule has 0 N–H and O–H groups in total. The van der Waals surface area contributed by atoms with Crippen molar-refractivity contribution in [2.45, 2.75) is 30.3 Å². The van der Waals surface area contributed by atoms with Crippen LogP contribution in [-0.4, -0.2) is 37.7 Å². The van der Waals surface area contributed by atoms with Crippen molar-refractivity contribution in [2.24, 2.45) is 0 Å². The van der Waals surface area contributed by atoms with E-state index in [0.717, 1.165) is 52.8 Å². The van der Waals surface area contributed by atoms with E-state index in [4.69, 9.17) is 4.98 Å². The van der Waals surface area contributed by atoms with Crippen LogP contribution in [0.5, 0.6) is 0 Å². The van der Waals surface area contributed by atoms with Crippen molar-refractivity contribution in [1.29, 1.82) is 0 Å². The summed E-state index contributed by atoms with van der Waals surface area (Å²) >= 11 is 5.11. The zero-order valence-electron chi connectivity index (χ0n) is 15.9. The molecule has 0 bridgehead atoms. The van der Waals surface area contributed by atoms with Gasteiger partial charge in [0.25, 0.3) is 0 Å². The summed E-state index contributed by atoms with van der Waals surface area (Å²) in [5.74, 6) is 1.80. The van der Waals surface area contributed by atoms with Gasteiger partial charge in [0.15, 0.2) is 11.0 Å². The molecular formula is C21H21N5S3. The molecule has 0 aliphatic carbocycles. The molecule has 1 aromatic carbocycles. The van der Waals surface area contributed by atoms with E-state index in [9.17, 15) is 0 Å². The minimum absolute atomic E-state index is 0.787. The maximum absolute atomic E-state index is 4.80. The Hall–Kier alpha value is -2.00. The quantitative estimate of drug-likeness (QED) is 0.364. The van der Waals surface area contributed by atoms with Gasteiger partial charge in [0, 0.05) is 27.8 Å². The molecule has 1 saturated heterocycles. The van der Waals surface area contributed by atoms with Crippen molar-refractivity contribution in [1.82, 2.24) is 24.6 Å². The van der Waals surface area contributed by atoms with E-state index >= 15 is 0 Å². The van der Waals surface area contributed by atoms with Gasteiger partial charge in [-0.1, -0.05) is 30.0 Å². The van der Waals surface area contributed by atoms with E-state index < -0.39 is 0 Å². The van der Waals surface area contributed by atoms with Crippen LogP contribution >= 0.6 is 34.4 Å². The molecule has 0 atom stereocenters. The zero-order chi connectivity index (χ0) is 19.5. The predicted octanol–water partition coefficient (Wildman–Crippen LogP) is 5.34. The monoisotopic (exact) mass is 439 g/mol. The van der Waals surface area contributed by atoms with Crippen molar-refractivity contribution < 1.29 is 0 Å². The van der Waals surface area contributed by atoms with Gasteiger partial charge in [-0.05, 0) is 49.5 Å². The van der Waals surface area contributed by atoms with E-state index in [-0.39, 0.29) is 0 Å². The minimum atomic E-state index is 0.787. The van der Waals surface area contributed by atoms with Crippen LogP contribution in [0.15, 0.2) is 57.7 Å². The van der Waals surface area contributed by atoms with Crippen molar-refractivity contribution in [3.8, 4) is 16.3 Å². The number of aromatic nitrogens is 4. The molecule has 0 radical (unpaired) electrons. The van der Waals surface area contributed by atoms with Crippen molar-refractivity contribution in [2.75, 3.05) is 13.1 Å². The lowest BCUT2D eigenvalue weighted by Gasteiger charge is -2.15. The maximum atomic E-state index is 4.80. The van der Waals surface area contributed by atoms with Gasteiger partial charge in [0.05, 0.1) is 12.2 Å². The van der Waals surface area contributed by atoms with Crippen LogP contribution in [0.25, 0.3) is 16.3 Å². The SMILES string of the molecule is c1ccc(-n2c(CN3CCCC3)nnc2SCc2csc(-c3ccsc3)n2)cc1. The van der Waals surface area contributed by atoms with Crippen molar-refractivity contribution in [3.63, 3.8) is 0 Å². The number of hydrogen-bond donors (Lipinski definition) is 0. The van der Waals surface area contributed by atoms with Crippen LogP contribution in [-0.2, 0) is 12.3 Å². The van der Waals surface area contributed by atoms with Crippen LogP contribution in [0.2, 0.25) is 0 Å². The summed E-state index contributed by atoms with van der Waals surface area (Å²) < 4.78 is 2.20. The van der Waals surface area contributed by atoms with Gasteiger partial charge in [-0.15, -0.1) is 21.5 Å². The summed E-state index contributed by atoms with van der Waals surface area (Å²) in [5, 5.41) is 17.5.